The van der Waals surface area contributed by atoms with Crippen LogP contribution in [0.4, 0.5) is 0 Å². The summed E-state index contributed by atoms with van der Waals surface area (Å²) in [6, 6.07) is 6.44. The fourth-order valence-corrected chi connectivity index (χ4v) is 3.63. The van der Waals surface area contributed by atoms with Crippen LogP contribution in [0.3, 0.4) is 0 Å². The normalized spacial score (nSPS) is 22.2. The minimum Gasteiger partial charge on any atom is -0.481 e. The highest BCUT2D eigenvalue weighted by molar-refractivity contribution is 7.89. The number of carboxylic acids is 1. The molecule has 0 heterocycles. The van der Waals surface area contributed by atoms with Crippen LogP contribution < -0.4 is 4.72 Å². The first kappa shape index (κ1) is 15.0. The SMILES string of the molecule is CC1CC(NS(=O)(=O)c2ccc(CCC(=O)O)cc2)C1. The topological polar surface area (TPSA) is 83.5 Å². The molecule has 1 saturated carbocycles. The average Bonchev–Trinajstić information content (AvgIpc) is 2.35. The fraction of sp³-hybridized carbons (Fsp3) is 0.500. The zero-order valence-corrected chi connectivity index (χ0v) is 12.2. The van der Waals surface area contributed by atoms with Gasteiger partial charge in [-0.05, 0) is 42.9 Å². The van der Waals surface area contributed by atoms with E-state index in [4.69, 9.17) is 5.11 Å². The fourth-order valence-electron chi connectivity index (χ4n) is 2.37. The molecule has 1 aliphatic rings. The number of aryl methyl sites for hydroxylation is 1. The van der Waals surface area contributed by atoms with Crippen molar-refractivity contribution in [1.82, 2.24) is 4.72 Å². The summed E-state index contributed by atoms with van der Waals surface area (Å²) >= 11 is 0. The lowest BCUT2D eigenvalue weighted by atomic mass is 9.83. The number of carbonyl (C=O) groups is 1. The van der Waals surface area contributed by atoms with E-state index in [1.165, 1.54) is 12.1 Å². The van der Waals surface area contributed by atoms with Crippen LogP contribution in [0.15, 0.2) is 29.2 Å². The van der Waals surface area contributed by atoms with Gasteiger partial charge in [0.25, 0.3) is 0 Å². The molecule has 2 rings (SSSR count). The Hall–Kier alpha value is -1.40. The monoisotopic (exact) mass is 297 g/mol. The highest BCUT2D eigenvalue weighted by atomic mass is 32.2. The van der Waals surface area contributed by atoms with Gasteiger partial charge in [-0.1, -0.05) is 19.1 Å². The molecule has 0 radical (unpaired) electrons. The predicted molar refractivity (Wildman–Crippen MR) is 74.9 cm³/mol. The van der Waals surface area contributed by atoms with Crippen molar-refractivity contribution >= 4 is 16.0 Å². The first-order valence-corrected chi connectivity index (χ1v) is 8.18. The van der Waals surface area contributed by atoms with Crippen LogP contribution in [0.25, 0.3) is 0 Å². The van der Waals surface area contributed by atoms with Crippen molar-refractivity contribution < 1.29 is 18.3 Å². The second-order valence-corrected chi connectivity index (χ2v) is 7.15. The molecule has 0 amide bonds. The molecule has 0 atom stereocenters. The Morgan fingerprint density at radius 3 is 2.40 bits per heavy atom. The second-order valence-electron chi connectivity index (χ2n) is 5.43. The van der Waals surface area contributed by atoms with Gasteiger partial charge >= 0.3 is 5.97 Å². The average molecular weight is 297 g/mol. The van der Waals surface area contributed by atoms with Crippen LogP contribution in [0.1, 0.15) is 31.7 Å². The second kappa shape index (κ2) is 5.93. The van der Waals surface area contributed by atoms with E-state index in [1.807, 2.05) is 0 Å². The summed E-state index contributed by atoms with van der Waals surface area (Å²) in [5, 5.41) is 8.61. The molecule has 1 aromatic rings. The molecular weight excluding hydrogens is 278 g/mol. The Kier molecular flexibility index (Phi) is 4.45. The maximum Gasteiger partial charge on any atom is 0.303 e. The summed E-state index contributed by atoms with van der Waals surface area (Å²) in [7, 11) is -3.46. The predicted octanol–water partition coefficient (Wildman–Crippen LogP) is 1.78. The van der Waals surface area contributed by atoms with E-state index < -0.39 is 16.0 Å². The van der Waals surface area contributed by atoms with Gasteiger partial charge in [-0.25, -0.2) is 13.1 Å². The summed E-state index contributed by atoms with van der Waals surface area (Å²) in [6.45, 7) is 2.10. The van der Waals surface area contributed by atoms with Crippen LogP contribution in [0.5, 0.6) is 0 Å². The van der Waals surface area contributed by atoms with E-state index >= 15 is 0 Å². The summed E-state index contributed by atoms with van der Waals surface area (Å²) in [6.07, 6.45) is 2.22. The van der Waals surface area contributed by atoms with Gasteiger partial charge < -0.3 is 5.11 Å². The Morgan fingerprint density at radius 2 is 1.90 bits per heavy atom. The quantitative estimate of drug-likeness (QED) is 0.838. The first-order valence-electron chi connectivity index (χ1n) is 6.70. The number of nitrogens with one attached hydrogen (secondary N) is 1. The standard InChI is InChI=1S/C14H19NO4S/c1-10-8-12(9-10)15-20(18,19)13-5-2-11(3-6-13)4-7-14(16)17/h2-3,5-6,10,12,15H,4,7-9H2,1H3,(H,16,17). The number of sulfonamides is 1. The molecular formula is C14H19NO4S. The zero-order valence-electron chi connectivity index (χ0n) is 11.4. The third kappa shape index (κ3) is 3.80. The van der Waals surface area contributed by atoms with Gasteiger partial charge in [0, 0.05) is 12.5 Å². The van der Waals surface area contributed by atoms with Gasteiger partial charge in [0.05, 0.1) is 4.90 Å². The smallest absolute Gasteiger partial charge is 0.303 e. The van der Waals surface area contributed by atoms with Crippen LogP contribution in [0.2, 0.25) is 0 Å². The molecule has 5 nitrogen and oxygen atoms in total. The molecule has 0 unspecified atom stereocenters. The van der Waals surface area contributed by atoms with Gasteiger partial charge in [-0.3, -0.25) is 4.79 Å². The van der Waals surface area contributed by atoms with E-state index in [0.717, 1.165) is 18.4 Å². The van der Waals surface area contributed by atoms with Gasteiger partial charge in [0.15, 0.2) is 0 Å². The lowest BCUT2D eigenvalue weighted by Gasteiger charge is -2.32. The van der Waals surface area contributed by atoms with Gasteiger partial charge in [0.1, 0.15) is 0 Å². The molecule has 1 aromatic carbocycles. The number of hydrogen-bond acceptors (Lipinski definition) is 3. The van der Waals surface area contributed by atoms with Crippen LogP contribution in [-0.4, -0.2) is 25.5 Å². The van der Waals surface area contributed by atoms with Gasteiger partial charge in [0.2, 0.25) is 10.0 Å². The third-order valence-electron chi connectivity index (χ3n) is 3.56. The minimum absolute atomic E-state index is 0.0432. The Labute approximate surface area is 119 Å². The summed E-state index contributed by atoms with van der Waals surface area (Å²) in [4.78, 5) is 10.7. The van der Waals surface area contributed by atoms with E-state index in [-0.39, 0.29) is 17.4 Å². The van der Waals surface area contributed by atoms with Crippen LogP contribution in [0, 0.1) is 5.92 Å². The Balaban J connectivity index is 1.99. The number of carboxylic acid groups (broad SMARTS) is 1. The van der Waals surface area contributed by atoms with E-state index in [0.29, 0.717) is 12.3 Å². The lowest BCUT2D eigenvalue weighted by molar-refractivity contribution is -0.136. The van der Waals surface area contributed by atoms with Gasteiger partial charge in [-0.15, -0.1) is 0 Å². The number of rotatable bonds is 6. The summed E-state index contributed by atoms with van der Waals surface area (Å²) < 4.78 is 26.9. The van der Waals surface area contributed by atoms with Crippen molar-refractivity contribution in [3.63, 3.8) is 0 Å². The van der Waals surface area contributed by atoms with Crippen molar-refractivity contribution in [2.75, 3.05) is 0 Å². The molecule has 2 N–H and O–H groups in total. The lowest BCUT2D eigenvalue weighted by Crippen LogP contribution is -2.43. The summed E-state index contributed by atoms with van der Waals surface area (Å²) in [5.41, 5.74) is 0.823. The highest BCUT2D eigenvalue weighted by Gasteiger charge is 2.29. The maximum absolute atomic E-state index is 12.1. The molecule has 1 aliphatic carbocycles. The highest BCUT2D eigenvalue weighted by Crippen LogP contribution is 2.27. The molecule has 1 fully saturated rings. The first-order chi connectivity index (χ1) is 9.37. The van der Waals surface area contributed by atoms with Gasteiger partial charge in [-0.2, -0.15) is 0 Å². The summed E-state index contributed by atoms with van der Waals surface area (Å²) in [5.74, 6) is -0.274. The number of aliphatic carboxylic acids is 1. The number of benzene rings is 1. The number of hydrogen-bond donors (Lipinski definition) is 2. The minimum atomic E-state index is -3.46. The molecule has 20 heavy (non-hydrogen) atoms. The Morgan fingerprint density at radius 1 is 1.30 bits per heavy atom. The largest absolute Gasteiger partial charge is 0.481 e. The molecule has 0 saturated heterocycles. The van der Waals surface area contributed by atoms with Crippen molar-refractivity contribution in [2.24, 2.45) is 5.92 Å². The molecule has 0 aromatic heterocycles. The van der Waals surface area contributed by atoms with Crippen molar-refractivity contribution in [3.05, 3.63) is 29.8 Å². The molecule has 6 heteroatoms. The third-order valence-corrected chi connectivity index (χ3v) is 5.09. The Bertz CT molecular complexity index is 574. The van der Waals surface area contributed by atoms with Crippen molar-refractivity contribution in [2.45, 2.75) is 43.5 Å². The maximum atomic E-state index is 12.1. The van der Waals surface area contributed by atoms with Crippen LogP contribution >= 0.6 is 0 Å². The van der Waals surface area contributed by atoms with Crippen molar-refractivity contribution in [1.29, 1.82) is 0 Å². The van der Waals surface area contributed by atoms with E-state index in [9.17, 15) is 13.2 Å². The van der Waals surface area contributed by atoms with Crippen molar-refractivity contribution in [3.8, 4) is 0 Å². The van der Waals surface area contributed by atoms with E-state index in [1.54, 1.807) is 12.1 Å². The van der Waals surface area contributed by atoms with Crippen LogP contribution in [-0.2, 0) is 21.2 Å². The molecule has 0 aliphatic heterocycles. The molecule has 0 bridgehead atoms. The zero-order chi connectivity index (χ0) is 14.8. The molecule has 0 spiro atoms. The molecule has 110 valence electrons. The van der Waals surface area contributed by atoms with E-state index in [2.05, 4.69) is 11.6 Å².